The number of ether oxygens (including phenoxy) is 1. The minimum Gasteiger partial charge on any atom is -0.494 e. The summed E-state index contributed by atoms with van der Waals surface area (Å²) in [6, 6.07) is 27.3. The van der Waals surface area contributed by atoms with Crippen LogP contribution in [0.25, 0.3) is 6.08 Å². The van der Waals surface area contributed by atoms with Gasteiger partial charge < -0.3 is 15.0 Å². The molecule has 0 saturated carbocycles. The highest BCUT2D eigenvalue weighted by atomic mass is 16.5. The maximum atomic E-state index is 13.4. The van der Waals surface area contributed by atoms with Crippen molar-refractivity contribution in [1.82, 2.24) is 15.1 Å². The molecule has 7 heteroatoms. The summed E-state index contributed by atoms with van der Waals surface area (Å²) in [4.78, 5) is 30.5. The molecule has 1 saturated heterocycles. The van der Waals surface area contributed by atoms with Gasteiger partial charge in [-0.1, -0.05) is 54.6 Å². The summed E-state index contributed by atoms with van der Waals surface area (Å²) in [5.41, 5.74) is 3.62. The fraction of sp³-hybridized carbons (Fsp3) is 0.303. The number of benzene rings is 3. The fourth-order valence-corrected chi connectivity index (χ4v) is 5.43. The summed E-state index contributed by atoms with van der Waals surface area (Å²) in [5.74, 6) is 0.615. The van der Waals surface area contributed by atoms with Crippen molar-refractivity contribution in [2.45, 2.75) is 31.3 Å². The van der Waals surface area contributed by atoms with Gasteiger partial charge in [0.15, 0.2) is 0 Å². The van der Waals surface area contributed by atoms with Crippen molar-refractivity contribution in [2.75, 3.05) is 32.8 Å². The molecule has 0 aromatic heterocycles. The first-order valence-electron chi connectivity index (χ1n) is 13.8. The Morgan fingerprint density at radius 1 is 1.02 bits per heavy atom. The molecule has 2 bridgehead atoms. The first kappa shape index (κ1) is 27.2. The van der Waals surface area contributed by atoms with E-state index in [1.807, 2.05) is 83.8 Å². The van der Waals surface area contributed by atoms with E-state index in [0.717, 1.165) is 41.8 Å². The van der Waals surface area contributed by atoms with Crippen LogP contribution in [0.1, 0.15) is 41.0 Å². The second kappa shape index (κ2) is 13.1. The van der Waals surface area contributed by atoms with Crippen LogP contribution < -0.4 is 10.1 Å². The first-order valence-corrected chi connectivity index (χ1v) is 13.8. The Hall–Kier alpha value is -4.41. The summed E-state index contributed by atoms with van der Waals surface area (Å²) in [5, 5.41) is 12.5. The van der Waals surface area contributed by atoms with E-state index in [9.17, 15) is 14.9 Å². The zero-order chi connectivity index (χ0) is 27.7. The van der Waals surface area contributed by atoms with Crippen molar-refractivity contribution in [3.63, 3.8) is 0 Å². The Labute approximate surface area is 235 Å². The second-order valence-corrected chi connectivity index (χ2v) is 10.4. The highest BCUT2D eigenvalue weighted by molar-refractivity contribution is 5.92. The smallest absolute Gasteiger partial charge is 0.246 e. The van der Waals surface area contributed by atoms with E-state index in [1.54, 1.807) is 12.1 Å². The zero-order valence-electron chi connectivity index (χ0n) is 22.5. The van der Waals surface area contributed by atoms with E-state index in [-0.39, 0.29) is 30.3 Å². The van der Waals surface area contributed by atoms with Gasteiger partial charge in [0, 0.05) is 31.6 Å². The Bertz CT molecular complexity index is 1400. The molecule has 40 heavy (non-hydrogen) atoms. The molecule has 3 aromatic carbocycles. The zero-order valence-corrected chi connectivity index (χ0v) is 22.5. The van der Waals surface area contributed by atoms with Crippen molar-refractivity contribution < 1.29 is 14.3 Å². The van der Waals surface area contributed by atoms with Crippen LogP contribution in [0.4, 0.5) is 0 Å². The van der Waals surface area contributed by atoms with Gasteiger partial charge >= 0.3 is 0 Å². The average molecular weight is 535 g/mol. The van der Waals surface area contributed by atoms with Crippen LogP contribution in [-0.4, -0.2) is 60.4 Å². The standard InChI is InChI=1S/C33H34N4O3/c34-20-26-10-6-11-27(18-26)21-36-16-4-5-17-40-29-13-7-12-28(19-29)30-22-37(23-31(30)35-32(38)24-36)33(39)15-14-25-8-2-1-3-9-25/h1-3,6-15,18-19,30-31H,4-5,16-17,21-24H2,(H,35,38)/b15-14+/t30-,31+/m1/s1. The molecule has 2 amide bonds. The average Bonchev–Trinajstić information content (AvgIpc) is 3.39. The first-order chi connectivity index (χ1) is 19.6. The third kappa shape index (κ3) is 7.16. The van der Waals surface area contributed by atoms with Gasteiger partial charge in [0.1, 0.15) is 5.75 Å². The molecule has 0 spiro atoms. The van der Waals surface area contributed by atoms with E-state index in [4.69, 9.17) is 4.74 Å². The normalized spacial score (nSPS) is 20.2. The molecular formula is C33H34N4O3. The van der Waals surface area contributed by atoms with Crippen LogP contribution >= 0.6 is 0 Å². The van der Waals surface area contributed by atoms with Crippen molar-refractivity contribution in [3.05, 3.63) is 107 Å². The lowest BCUT2D eigenvalue weighted by molar-refractivity contribution is -0.126. The number of nitrogens with zero attached hydrogens (tertiary/aromatic N) is 3. The molecule has 0 aliphatic carbocycles. The fourth-order valence-electron chi connectivity index (χ4n) is 5.43. The quantitative estimate of drug-likeness (QED) is 0.503. The van der Waals surface area contributed by atoms with E-state index >= 15 is 0 Å². The topological polar surface area (TPSA) is 85.7 Å². The van der Waals surface area contributed by atoms with Gasteiger partial charge in [-0.15, -0.1) is 0 Å². The lowest BCUT2D eigenvalue weighted by atomic mass is 9.94. The molecule has 2 aliphatic heterocycles. The van der Waals surface area contributed by atoms with Gasteiger partial charge in [0.25, 0.3) is 0 Å². The highest BCUT2D eigenvalue weighted by Crippen LogP contribution is 2.30. The number of hydrogen-bond acceptors (Lipinski definition) is 5. The van der Waals surface area contributed by atoms with Crippen LogP contribution in [0.5, 0.6) is 5.75 Å². The highest BCUT2D eigenvalue weighted by Gasteiger charge is 2.37. The third-order valence-electron chi connectivity index (χ3n) is 7.45. The lowest BCUT2D eigenvalue weighted by Gasteiger charge is -2.25. The van der Waals surface area contributed by atoms with Crippen LogP contribution in [0, 0.1) is 11.3 Å². The number of rotatable bonds is 4. The number of carbonyl (C=O) groups excluding carboxylic acids is 2. The van der Waals surface area contributed by atoms with E-state index in [2.05, 4.69) is 16.3 Å². The summed E-state index contributed by atoms with van der Waals surface area (Å²) < 4.78 is 6.07. The summed E-state index contributed by atoms with van der Waals surface area (Å²) in [6.07, 6.45) is 5.18. The molecule has 2 aliphatic rings. The van der Waals surface area contributed by atoms with Crippen LogP contribution in [0.15, 0.2) is 84.9 Å². The van der Waals surface area contributed by atoms with Gasteiger partial charge in [0.2, 0.25) is 11.8 Å². The van der Waals surface area contributed by atoms with E-state index < -0.39 is 0 Å². The van der Waals surface area contributed by atoms with Crippen LogP contribution in [-0.2, 0) is 16.1 Å². The van der Waals surface area contributed by atoms with Crippen molar-refractivity contribution >= 4 is 17.9 Å². The van der Waals surface area contributed by atoms with Crippen LogP contribution in [0.2, 0.25) is 0 Å². The minimum absolute atomic E-state index is 0.0507. The molecule has 0 radical (unpaired) electrons. The van der Waals surface area contributed by atoms with Crippen molar-refractivity contribution in [1.29, 1.82) is 5.26 Å². The monoisotopic (exact) mass is 534 g/mol. The van der Waals surface area contributed by atoms with Gasteiger partial charge in [-0.2, -0.15) is 5.26 Å². The number of hydrogen-bond donors (Lipinski definition) is 1. The van der Waals surface area contributed by atoms with E-state index in [0.29, 0.717) is 31.8 Å². The maximum absolute atomic E-state index is 13.4. The molecule has 7 nitrogen and oxygen atoms in total. The van der Waals surface area contributed by atoms with Gasteiger partial charge in [-0.3, -0.25) is 14.5 Å². The minimum atomic E-state index is -0.219. The number of likely N-dealkylation sites (tertiary alicyclic amines) is 1. The van der Waals surface area contributed by atoms with Crippen LogP contribution in [0.3, 0.4) is 0 Å². The lowest BCUT2D eigenvalue weighted by Crippen LogP contribution is -2.45. The number of nitrogens with one attached hydrogen (secondary N) is 1. The largest absolute Gasteiger partial charge is 0.494 e. The number of amides is 2. The van der Waals surface area contributed by atoms with Gasteiger partial charge in [-0.05, 0) is 66.4 Å². The Balaban J connectivity index is 1.34. The summed E-state index contributed by atoms with van der Waals surface area (Å²) >= 11 is 0. The number of fused-ring (bicyclic) bond motifs is 4. The summed E-state index contributed by atoms with van der Waals surface area (Å²) in [7, 11) is 0. The van der Waals surface area contributed by atoms with Gasteiger partial charge in [-0.25, -0.2) is 0 Å². The molecule has 2 heterocycles. The number of nitriles is 1. The molecule has 0 unspecified atom stereocenters. The SMILES string of the molecule is N#Cc1cccc(CN2CCCCOc3cccc(c3)[C@H]3CN(C(=O)/C=C/c4ccccc4)C[C@@H]3NC(=O)C2)c1. The maximum Gasteiger partial charge on any atom is 0.246 e. The molecule has 204 valence electrons. The van der Waals surface area contributed by atoms with Crippen molar-refractivity contribution in [2.24, 2.45) is 0 Å². The third-order valence-corrected chi connectivity index (χ3v) is 7.45. The Morgan fingerprint density at radius 3 is 2.73 bits per heavy atom. The number of carbonyl (C=O) groups is 2. The van der Waals surface area contributed by atoms with Gasteiger partial charge in [0.05, 0.1) is 30.8 Å². The Kier molecular flexibility index (Phi) is 8.89. The molecule has 2 atom stereocenters. The molecule has 5 rings (SSSR count). The molecule has 1 fully saturated rings. The van der Waals surface area contributed by atoms with Crippen molar-refractivity contribution in [3.8, 4) is 11.8 Å². The predicted molar refractivity (Wildman–Crippen MR) is 154 cm³/mol. The molecule has 1 N–H and O–H groups in total. The van der Waals surface area contributed by atoms with E-state index in [1.165, 1.54) is 0 Å². The predicted octanol–water partition coefficient (Wildman–Crippen LogP) is 4.36. The second-order valence-electron chi connectivity index (χ2n) is 10.4. The molecular weight excluding hydrogens is 500 g/mol. The summed E-state index contributed by atoms with van der Waals surface area (Å²) in [6.45, 7) is 3.09. The molecule has 3 aromatic rings. The Morgan fingerprint density at radius 2 is 1.88 bits per heavy atom.